The molecule has 162 valence electrons. The highest BCUT2D eigenvalue weighted by atomic mass is 19.1. The third-order valence-corrected chi connectivity index (χ3v) is 6.39. The van der Waals surface area contributed by atoms with Crippen molar-refractivity contribution < 1.29 is 24.4 Å². The fourth-order valence-corrected chi connectivity index (χ4v) is 4.69. The number of ether oxygens (including phenoxy) is 1. The smallest absolute Gasteiger partial charge is 0.165 e. The topological polar surface area (TPSA) is 69.9 Å². The van der Waals surface area contributed by atoms with Crippen molar-refractivity contribution in [3.8, 4) is 23.0 Å². The van der Waals surface area contributed by atoms with Crippen LogP contribution in [-0.2, 0) is 6.42 Å². The summed E-state index contributed by atoms with van der Waals surface area (Å²) in [6, 6.07) is 10.3. The third kappa shape index (κ3) is 3.48. The molecule has 31 heavy (non-hydrogen) atoms. The Morgan fingerprint density at radius 1 is 0.935 bits per heavy atom. The Labute approximate surface area is 181 Å². The van der Waals surface area contributed by atoms with Gasteiger partial charge in [0.25, 0.3) is 0 Å². The van der Waals surface area contributed by atoms with Crippen LogP contribution in [0.25, 0.3) is 0 Å². The summed E-state index contributed by atoms with van der Waals surface area (Å²) in [4.78, 5) is 0. The van der Waals surface area contributed by atoms with Gasteiger partial charge in [0.2, 0.25) is 0 Å². The largest absolute Gasteiger partial charge is 0.507 e. The first kappa shape index (κ1) is 21.0. The Morgan fingerprint density at radius 3 is 2.23 bits per heavy atom. The number of hydrogen-bond acceptors (Lipinski definition) is 4. The van der Waals surface area contributed by atoms with Crippen molar-refractivity contribution in [3.05, 3.63) is 81.2 Å². The number of phenolic OH excluding ortho intramolecular Hbond substituents is 3. The summed E-state index contributed by atoms with van der Waals surface area (Å²) in [7, 11) is 0. The molecule has 4 nitrogen and oxygen atoms in total. The molecule has 1 aliphatic heterocycles. The van der Waals surface area contributed by atoms with Crippen LogP contribution in [0.1, 0.15) is 57.7 Å². The molecule has 3 aromatic carbocycles. The zero-order chi connectivity index (χ0) is 22.4. The molecule has 2 unspecified atom stereocenters. The van der Waals surface area contributed by atoms with Crippen molar-refractivity contribution in [1.82, 2.24) is 0 Å². The molecule has 0 amide bonds. The van der Waals surface area contributed by atoms with E-state index in [4.69, 9.17) is 4.74 Å². The molecule has 2 atom stereocenters. The van der Waals surface area contributed by atoms with Crippen molar-refractivity contribution in [2.75, 3.05) is 6.61 Å². The molecule has 0 radical (unpaired) electrons. The maximum atomic E-state index is 14.4. The van der Waals surface area contributed by atoms with Gasteiger partial charge in [-0.2, -0.15) is 0 Å². The average molecular weight is 422 g/mol. The minimum absolute atomic E-state index is 0.136. The first-order chi connectivity index (χ1) is 14.7. The van der Waals surface area contributed by atoms with Crippen LogP contribution < -0.4 is 4.74 Å². The molecule has 4 rings (SSSR count). The highest BCUT2D eigenvalue weighted by Gasteiger charge is 2.36. The summed E-state index contributed by atoms with van der Waals surface area (Å²) in [5, 5.41) is 30.5. The molecule has 0 aliphatic carbocycles. The van der Waals surface area contributed by atoms with Crippen LogP contribution in [0.4, 0.5) is 4.39 Å². The van der Waals surface area contributed by atoms with Gasteiger partial charge in [0.05, 0.1) is 6.61 Å². The van der Waals surface area contributed by atoms with Crippen molar-refractivity contribution in [2.45, 2.75) is 46.0 Å². The van der Waals surface area contributed by atoms with E-state index in [9.17, 15) is 19.7 Å². The number of phenols is 3. The van der Waals surface area contributed by atoms with Crippen molar-refractivity contribution in [1.29, 1.82) is 0 Å². The van der Waals surface area contributed by atoms with Crippen LogP contribution in [0.15, 0.2) is 36.4 Å². The van der Waals surface area contributed by atoms with Crippen LogP contribution in [0, 0.1) is 26.6 Å². The molecule has 0 aromatic heterocycles. The third-order valence-electron chi connectivity index (χ3n) is 6.39. The summed E-state index contributed by atoms with van der Waals surface area (Å²) in [6.07, 6.45) is 0.651. The van der Waals surface area contributed by atoms with E-state index in [-0.39, 0.29) is 29.1 Å². The van der Waals surface area contributed by atoms with Gasteiger partial charge < -0.3 is 20.1 Å². The molecular formula is C26H27FO4. The zero-order valence-electron chi connectivity index (χ0n) is 18.2. The normalized spacial score (nSPS) is 17.8. The molecular weight excluding hydrogens is 395 g/mol. The van der Waals surface area contributed by atoms with Crippen LogP contribution in [0.3, 0.4) is 0 Å². The molecule has 0 bridgehead atoms. The Balaban J connectivity index is 1.97. The average Bonchev–Trinajstić information content (AvgIpc) is 2.75. The fourth-order valence-electron chi connectivity index (χ4n) is 4.69. The highest BCUT2D eigenvalue weighted by Crippen LogP contribution is 2.50. The number of rotatable bonds is 3. The first-order valence-electron chi connectivity index (χ1n) is 10.5. The van der Waals surface area contributed by atoms with Gasteiger partial charge >= 0.3 is 0 Å². The van der Waals surface area contributed by atoms with E-state index in [2.05, 4.69) is 0 Å². The van der Waals surface area contributed by atoms with Gasteiger partial charge in [0.15, 0.2) is 11.6 Å². The van der Waals surface area contributed by atoms with Gasteiger partial charge in [0, 0.05) is 23.0 Å². The van der Waals surface area contributed by atoms with E-state index in [1.165, 1.54) is 12.1 Å². The Bertz CT molecular complexity index is 1150. The highest BCUT2D eigenvalue weighted by molar-refractivity contribution is 5.59. The minimum atomic E-state index is -0.673. The fraction of sp³-hybridized carbons (Fsp3) is 0.308. The minimum Gasteiger partial charge on any atom is -0.507 e. The maximum Gasteiger partial charge on any atom is 0.165 e. The number of hydrogen-bond donors (Lipinski definition) is 3. The van der Waals surface area contributed by atoms with Gasteiger partial charge in [0.1, 0.15) is 17.2 Å². The molecule has 1 heterocycles. The molecule has 3 N–H and O–H groups in total. The second kappa shape index (κ2) is 7.80. The molecule has 0 saturated heterocycles. The lowest BCUT2D eigenvalue weighted by atomic mass is 9.74. The monoisotopic (exact) mass is 422 g/mol. The van der Waals surface area contributed by atoms with Gasteiger partial charge in [-0.3, -0.25) is 0 Å². The lowest BCUT2D eigenvalue weighted by molar-refractivity contribution is 0.245. The van der Waals surface area contributed by atoms with Gasteiger partial charge in [-0.1, -0.05) is 25.1 Å². The standard InChI is InChI=1S/C26H27FO4/c1-5-16-10-19-23(17-6-7-22(28)21(27)11-17)20(12-31-26(19)15(4)25(16)30)18-8-13(2)24(29)14(3)9-18/h6-11,20,23,28-30H,5,12H2,1-4H3. The van der Waals surface area contributed by atoms with Crippen molar-refractivity contribution in [2.24, 2.45) is 0 Å². The number of aromatic hydroxyl groups is 3. The number of fused-ring (bicyclic) bond motifs is 1. The SMILES string of the molecule is CCc1cc2c(c(C)c1O)OCC(c1cc(C)c(O)c(C)c1)C2c1ccc(O)c(F)c1. The quantitative estimate of drug-likeness (QED) is 0.504. The molecule has 1 aliphatic rings. The van der Waals surface area contributed by atoms with Gasteiger partial charge in [-0.05, 0) is 73.2 Å². The summed E-state index contributed by atoms with van der Waals surface area (Å²) in [6.45, 7) is 7.86. The van der Waals surface area contributed by atoms with E-state index < -0.39 is 5.82 Å². The summed E-state index contributed by atoms with van der Waals surface area (Å²) >= 11 is 0. The molecule has 0 spiro atoms. The molecule has 0 fully saturated rings. The number of halogens is 1. The van der Waals surface area contributed by atoms with E-state index in [1.807, 2.05) is 45.9 Å². The maximum absolute atomic E-state index is 14.4. The second-order valence-corrected chi connectivity index (χ2v) is 8.39. The second-order valence-electron chi connectivity index (χ2n) is 8.39. The Kier molecular flexibility index (Phi) is 5.29. The zero-order valence-corrected chi connectivity index (χ0v) is 18.2. The summed E-state index contributed by atoms with van der Waals surface area (Å²) in [5.41, 5.74) is 5.62. The first-order valence-corrected chi connectivity index (χ1v) is 10.5. The van der Waals surface area contributed by atoms with Crippen LogP contribution in [-0.4, -0.2) is 21.9 Å². The Hall–Kier alpha value is -3.21. The van der Waals surface area contributed by atoms with E-state index in [1.54, 1.807) is 6.07 Å². The van der Waals surface area contributed by atoms with E-state index in [0.717, 1.165) is 33.4 Å². The Morgan fingerprint density at radius 2 is 1.61 bits per heavy atom. The predicted molar refractivity (Wildman–Crippen MR) is 118 cm³/mol. The van der Waals surface area contributed by atoms with Crippen molar-refractivity contribution in [3.63, 3.8) is 0 Å². The van der Waals surface area contributed by atoms with Crippen LogP contribution in [0.2, 0.25) is 0 Å². The summed E-state index contributed by atoms with van der Waals surface area (Å²) in [5.74, 6) is -0.325. The predicted octanol–water partition coefficient (Wildman–Crippen LogP) is 5.74. The van der Waals surface area contributed by atoms with Gasteiger partial charge in [-0.25, -0.2) is 4.39 Å². The lowest BCUT2D eigenvalue weighted by Gasteiger charge is -2.36. The number of aryl methyl sites for hydroxylation is 3. The van der Waals surface area contributed by atoms with Gasteiger partial charge in [-0.15, -0.1) is 0 Å². The summed E-state index contributed by atoms with van der Waals surface area (Å²) < 4.78 is 20.5. The van der Waals surface area contributed by atoms with Crippen LogP contribution >= 0.6 is 0 Å². The molecule has 0 saturated carbocycles. The van der Waals surface area contributed by atoms with E-state index in [0.29, 0.717) is 24.3 Å². The lowest BCUT2D eigenvalue weighted by Crippen LogP contribution is -2.26. The van der Waals surface area contributed by atoms with E-state index >= 15 is 0 Å². The number of benzene rings is 3. The van der Waals surface area contributed by atoms with Crippen LogP contribution in [0.5, 0.6) is 23.0 Å². The molecule has 3 aromatic rings. The molecule has 5 heteroatoms. The van der Waals surface area contributed by atoms with Crippen molar-refractivity contribution >= 4 is 0 Å².